The number of Topliss-reactive ketones (excluding diaryl/α,β-unsaturated/α-hetero) is 1. The van der Waals surface area contributed by atoms with Gasteiger partial charge in [0.2, 0.25) is 0 Å². The van der Waals surface area contributed by atoms with Crippen molar-refractivity contribution in [1.29, 1.82) is 0 Å². The van der Waals surface area contributed by atoms with Crippen molar-refractivity contribution in [2.24, 2.45) is 0 Å². The Kier molecular flexibility index (Phi) is 4.51. The van der Waals surface area contributed by atoms with Gasteiger partial charge in [0, 0.05) is 19.6 Å². The van der Waals surface area contributed by atoms with E-state index in [4.69, 9.17) is 4.74 Å². The van der Waals surface area contributed by atoms with Gasteiger partial charge in [0.15, 0.2) is 0 Å². The summed E-state index contributed by atoms with van der Waals surface area (Å²) < 4.78 is 5.50. The van der Waals surface area contributed by atoms with Crippen LogP contribution in [0.15, 0.2) is 47.2 Å². The zero-order valence-corrected chi connectivity index (χ0v) is 12.9. The Morgan fingerprint density at radius 2 is 1.90 bits per heavy atom. The Bertz CT molecular complexity index is 569. The molecule has 2 aromatic rings. The predicted molar refractivity (Wildman–Crippen MR) is 85.8 cm³/mol. The molecule has 3 rings (SSSR count). The molecule has 1 aromatic carbocycles. The number of rotatable bonds is 5. The number of hydrogen-bond acceptors (Lipinski definition) is 3. The van der Waals surface area contributed by atoms with Gasteiger partial charge in [-0.25, -0.2) is 0 Å². The largest absolute Gasteiger partial charge is 0.381 e. The summed E-state index contributed by atoms with van der Waals surface area (Å²) in [6.45, 7) is 1.36. The fourth-order valence-electron chi connectivity index (χ4n) is 3.14. The van der Waals surface area contributed by atoms with Gasteiger partial charge >= 0.3 is 0 Å². The molecular weight excluding hydrogens is 280 g/mol. The third-order valence-electron chi connectivity index (χ3n) is 4.43. The summed E-state index contributed by atoms with van der Waals surface area (Å²) in [4.78, 5) is 13.0. The van der Waals surface area contributed by atoms with E-state index in [0.717, 1.165) is 24.8 Å². The maximum atomic E-state index is 13.0. The van der Waals surface area contributed by atoms with Crippen molar-refractivity contribution in [3.05, 3.63) is 58.3 Å². The molecule has 0 amide bonds. The second kappa shape index (κ2) is 6.54. The molecule has 1 aliphatic heterocycles. The van der Waals surface area contributed by atoms with E-state index < -0.39 is 0 Å². The predicted octanol–water partition coefficient (Wildman–Crippen LogP) is 4.00. The van der Waals surface area contributed by atoms with Crippen LogP contribution in [0, 0.1) is 0 Å². The quantitative estimate of drug-likeness (QED) is 0.834. The normalized spacial score (nSPS) is 17.5. The highest BCUT2D eigenvalue weighted by atomic mass is 32.1. The zero-order valence-electron chi connectivity index (χ0n) is 12.1. The van der Waals surface area contributed by atoms with Gasteiger partial charge in [-0.15, -0.1) is 0 Å². The topological polar surface area (TPSA) is 26.3 Å². The van der Waals surface area contributed by atoms with Crippen LogP contribution in [-0.2, 0) is 21.4 Å². The van der Waals surface area contributed by atoms with Gasteiger partial charge < -0.3 is 4.74 Å². The van der Waals surface area contributed by atoms with Crippen molar-refractivity contribution in [2.75, 3.05) is 13.2 Å². The second-order valence-electron chi connectivity index (χ2n) is 5.62. The van der Waals surface area contributed by atoms with E-state index in [0.29, 0.717) is 25.4 Å². The second-order valence-corrected chi connectivity index (χ2v) is 6.40. The minimum atomic E-state index is -0.338. The van der Waals surface area contributed by atoms with E-state index in [-0.39, 0.29) is 5.41 Å². The number of thiophene rings is 1. The summed E-state index contributed by atoms with van der Waals surface area (Å²) >= 11 is 1.69. The summed E-state index contributed by atoms with van der Waals surface area (Å²) in [7, 11) is 0. The van der Waals surface area contributed by atoms with E-state index in [2.05, 4.69) is 29.0 Å². The Morgan fingerprint density at radius 1 is 1.14 bits per heavy atom. The highest BCUT2D eigenvalue weighted by molar-refractivity contribution is 7.07. The molecule has 0 saturated carbocycles. The maximum Gasteiger partial charge on any atom is 0.143 e. The molecule has 0 bridgehead atoms. The van der Waals surface area contributed by atoms with Crippen LogP contribution in [0.4, 0.5) is 0 Å². The van der Waals surface area contributed by atoms with Crippen molar-refractivity contribution in [3.8, 4) is 0 Å². The first-order valence-corrected chi connectivity index (χ1v) is 8.43. The van der Waals surface area contributed by atoms with Gasteiger partial charge in [-0.2, -0.15) is 11.3 Å². The van der Waals surface area contributed by atoms with Crippen LogP contribution in [0.2, 0.25) is 0 Å². The number of aryl methyl sites for hydroxylation is 1. The molecule has 0 atom stereocenters. The monoisotopic (exact) mass is 300 g/mol. The first-order chi connectivity index (χ1) is 10.3. The van der Waals surface area contributed by atoms with Crippen LogP contribution in [0.5, 0.6) is 0 Å². The van der Waals surface area contributed by atoms with Gasteiger partial charge in [0.05, 0.1) is 5.41 Å². The Hall–Kier alpha value is -1.45. The van der Waals surface area contributed by atoms with Gasteiger partial charge in [-0.1, -0.05) is 30.3 Å². The maximum absolute atomic E-state index is 13.0. The lowest BCUT2D eigenvalue weighted by Gasteiger charge is -2.36. The molecule has 0 unspecified atom stereocenters. The molecular formula is C18H20O2S. The Morgan fingerprint density at radius 3 is 2.57 bits per heavy atom. The highest BCUT2D eigenvalue weighted by Crippen LogP contribution is 2.37. The molecule has 1 fully saturated rings. The number of hydrogen-bond donors (Lipinski definition) is 0. The summed E-state index contributed by atoms with van der Waals surface area (Å²) in [5.74, 6) is 0.364. The fourth-order valence-corrected chi connectivity index (χ4v) is 3.84. The first-order valence-electron chi connectivity index (χ1n) is 7.49. The molecule has 2 nitrogen and oxygen atoms in total. The molecule has 0 spiro atoms. The van der Waals surface area contributed by atoms with Crippen LogP contribution < -0.4 is 0 Å². The number of ketones is 1. The lowest BCUT2D eigenvalue weighted by atomic mass is 9.70. The molecule has 0 aliphatic carbocycles. The molecule has 1 aromatic heterocycles. The standard InChI is InChI=1S/C18H20O2S/c19-17(7-6-15-8-13-21-14-15)18(9-11-20-12-10-18)16-4-2-1-3-5-16/h1-5,8,13-14H,6-7,9-12H2. The Labute approximate surface area is 129 Å². The van der Waals surface area contributed by atoms with Crippen molar-refractivity contribution in [3.63, 3.8) is 0 Å². The molecule has 110 valence electrons. The van der Waals surface area contributed by atoms with E-state index in [1.807, 2.05) is 18.2 Å². The highest BCUT2D eigenvalue weighted by Gasteiger charge is 2.40. The van der Waals surface area contributed by atoms with Crippen molar-refractivity contribution >= 4 is 17.1 Å². The smallest absolute Gasteiger partial charge is 0.143 e. The summed E-state index contributed by atoms with van der Waals surface area (Å²) in [6.07, 6.45) is 3.07. The molecule has 0 N–H and O–H groups in total. The number of ether oxygens (including phenoxy) is 1. The fraction of sp³-hybridized carbons (Fsp3) is 0.389. The van der Waals surface area contributed by atoms with Gasteiger partial charge in [0.1, 0.15) is 5.78 Å². The first kappa shape index (κ1) is 14.5. The van der Waals surface area contributed by atoms with Crippen LogP contribution in [0.25, 0.3) is 0 Å². The van der Waals surface area contributed by atoms with Crippen molar-refractivity contribution in [2.45, 2.75) is 31.1 Å². The Balaban J connectivity index is 1.80. The van der Waals surface area contributed by atoms with E-state index in [1.54, 1.807) is 11.3 Å². The molecule has 0 radical (unpaired) electrons. The molecule has 2 heterocycles. The van der Waals surface area contributed by atoms with Crippen LogP contribution in [0.3, 0.4) is 0 Å². The number of carbonyl (C=O) groups excluding carboxylic acids is 1. The van der Waals surface area contributed by atoms with Gasteiger partial charge in [0.25, 0.3) is 0 Å². The number of carbonyl (C=O) groups is 1. The van der Waals surface area contributed by atoms with Crippen LogP contribution in [0.1, 0.15) is 30.4 Å². The summed E-state index contributed by atoms with van der Waals surface area (Å²) in [6, 6.07) is 12.3. The van der Waals surface area contributed by atoms with E-state index >= 15 is 0 Å². The minimum absolute atomic E-state index is 0.338. The lowest BCUT2D eigenvalue weighted by Crippen LogP contribution is -2.41. The van der Waals surface area contributed by atoms with E-state index in [1.165, 1.54) is 5.56 Å². The summed E-state index contributed by atoms with van der Waals surface area (Å²) in [5, 5.41) is 4.20. The third-order valence-corrected chi connectivity index (χ3v) is 5.16. The number of benzene rings is 1. The summed E-state index contributed by atoms with van der Waals surface area (Å²) in [5.41, 5.74) is 2.09. The van der Waals surface area contributed by atoms with E-state index in [9.17, 15) is 4.79 Å². The molecule has 1 aliphatic rings. The third kappa shape index (κ3) is 3.09. The molecule has 21 heavy (non-hydrogen) atoms. The molecule has 3 heteroatoms. The van der Waals surface area contributed by atoms with Crippen LogP contribution >= 0.6 is 11.3 Å². The lowest BCUT2D eigenvalue weighted by molar-refractivity contribution is -0.128. The van der Waals surface area contributed by atoms with Gasteiger partial charge in [-0.05, 0) is 47.2 Å². The zero-order chi connectivity index (χ0) is 14.5. The van der Waals surface area contributed by atoms with Crippen molar-refractivity contribution < 1.29 is 9.53 Å². The SMILES string of the molecule is O=C(CCc1ccsc1)C1(c2ccccc2)CCOCC1. The average molecular weight is 300 g/mol. The van der Waals surface area contributed by atoms with Crippen molar-refractivity contribution in [1.82, 2.24) is 0 Å². The average Bonchev–Trinajstić information content (AvgIpc) is 3.07. The minimum Gasteiger partial charge on any atom is -0.381 e. The molecule has 1 saturated heterocycles. The van der Waals surface area contributed by atoms with Crippen LogP contribution in [-0.4, -0.2) is 19.0 Å². The van der Waals surface area contributed by atoms with Gasteiger partial charge in [-0.3, -0.25) is 4.79 Å².